The van der Waals surface area contributed by atoms with Gasteiger partial charge in [0.1, 0.15) is 5.75 Å². The van der Waals surface area contributed by atoms with Gasteiger partial charge in [-0.15, -0.1) is 16.8 Å². The molecule has 0 spiro atoms. The molecule has 0 N–H and O–H groups in total. The predicted molar refractivity (Wildman–Crippen MR) is 148 cm³/mol. The van der Waals surface area contributed by atoms with Gasteiger partial charge in [-0.1, -0.05) is 23.8 Å². The van der Waals surface area contributed by atoms with E-state index < -0.39 is 10.0 Å². The summed E-state index contributed by atoms with van der Waals surface area (Å²) in [6, 6.07) is 18.1. The van der Waals surface area contributed by atoms with Crippen LogP contribution in [0.1, 0.15) is 12.0 Å². The molecule has 0 bridgehead atoms. The Labute approximate surface area is 224 Å². The number of rotatable bonds is 9. The monoisotopic (exact) mass is 535 g/mol. The summed E-state index contributed by atoms with van der Waals surface area (Å²) in [5.41, 5.74) is 2.67. The highest BCUT2D eigenvalue weighted by Gasteiger charge is 2.28. The summed E-state index contributed by atoms with van der Waals surface area (Å²) in [5.74, 6) is 1.29. The molecular weight excluding hydrogens is 502 g/mol. The SMILES string of the molecule is C=CCN(CC(=O)N1CCCN(c2ccc(-c3ccc(OC)cc3)nn2)CC1)S(=O)(=O)c1ccc(C)cc1. The Morgan fingerprint density at radius 3 is 2.37 bits per heavy atom. The highest BCUT2D eigenvalue weighted by molar-refractivity contribution is 7.89. The third-order valence-corrected chi connectivity index (χ3v) is 8.34. The lowest BCUT2D eigenvalue weighted by Crippen LogP contribution is -2.44. The van der Waals surface area contributed by atoms with E-state index in [1.807, 2.05) is 43.3 Å². The first-order valence-electron chi connectivity index (χ1n) is 12.5. The Hall–Kier alpha value is -3.76. The van der Waals surface area contributed by atoms with Crippen LogP contribution in [0.4, 0.5) is 5.82 Å². The van der Waals surface area contributed by atoms with Crippen molar-refractivity contribution < 1.29 is 17.9 Å². The number of sulfonamides is 1. The molecule has 38 heavy (non-hydrogen) atoms. The van der Waals surface area contributed by atoms with Crippen LogP contribution >= 0.6 is 0 Å². The van der Waals surface area contributed by atoms with Crippen LogP contribution in [0.25, 0.3) is 11.3 Å². The van der Waals surface area contributed by atoms with Crippen molar-refractivity contribution in [1.29, 1.82) is 0 Å². The van der Waals surface area contributed by atoms with Gasteiger partial charge >= 0.3 is 0 Å². The maximum Gasteiger partial charge on any atom is 0.243 e. The maximum atomic E-state index is 13.2. The van der Waals surface area contributed by atoms with E-state index in [9.17, 15) is 13.2 Å². The Kier molecular flexibility index (Phi) is 8.75. The number of ether oxygens (including phenoxy) is 1. The zero-order valence-electron chi connectivity index (χ0n) is 21.8. The first kappa shape index (κ1) is 27.3. The summed E-state index contributed by atoms with van der Waals surface area (Å²) in [5, 5.41) is 8.81. The number of benzene rings is 2. The van der Waals surface area contributed by atoms with Crippen molar-refractivity contribution in [3.05, 3.63) is 78.9 Å². The standard InChI is InChI=1S/C28H33N5O4S/c1-4-16-33(38(35,36)25-12-6-22(2)7-13-25)21-28(34)32-18-5-17-31(19-20-32)27-15-14-26(29-30-27)23-8-10-24(37-3)11-9-23/h4,6-15H,1,5,16-21H2,2-3H3. The van der Waals surface area contributed by atoms with E-state index in [1.165, 1.54) is 10.4 Å². The number of carbonyl (C=O) groups excluding carboxylic acids is 1. The molecule has 2 heterocycles. The third kappa shape index (κ3) is 6.38. The quantitative estimate of drug-likeness (QED) is 0.388. The fourth-order valence-electron chi connectivity index (χ4n) is 4.31. The summed E-state index contributed by atoms with van der Waals surface area (Å²) in [4.78, 5) is 17.2. The molecule has 3 aromatic rings. The summed E-state index contributed by atoms with van der Waals surface area (Å²) < 4.78 is 32.8. The van der Waals surface area contributed by atoms with Gasteiger partial charge in [-0.3, -0.25) is 4.79 Å². The van der Waals surface area contributed by atoms with E-state index in [-0.39, 0.29) is 23.9 Å². The van der Waals surface area contributed by atoms with Crippen LogP contribution in [0.2, 0.25) is 0 Å². The van der Waals surface area contributed by atoms with Crippen molar-refractivity contribution in [1.82, 2.24) is 19.4 Å². The van der Waals surface area contributed by atoms with Gasteiger partial charge in [0, 0.05) is 38.3 Å². The van der Waals surface area contributed by atoms with Gasteiger partial charge in [0.2, 0.25) is 15.9 Å². The Bertz CT molecular complexity index is 1340. The molecule has 1 aliphatic heterocycles. The molecule has 0 unspecified atom stereocenters. The van der Waals surface area contributed by atoms with Crippen LogP contribution in [-0.4, -0.2) is 80.1 Å². The number of aromatic nitrogens is 2. The molecule has 0 radical (unpaired) electrons. The summed E-state index contributed by atoms with van der Waals surface area (Å²) >= 11 is 0. The second kappa shape index (κ2) is 12.2. The van der Waals surface area contributed by atoms with Gasteiger partial charge in [0.05, 0.1) is 24.2 Å². The van der Waals surface area contributed by atoms with Crippen LogP contribution in [0, 0.1) is 6.92 Å². The molecule has 9 nitrogen and oxygen atoms in total. The predicted octanol–water partition coefficient (Wildman–Crippen LogP) is 3.38. The lowest BCUT2D eigenvalue weighted by atomic mass is 10.1. The molecule has 1 saturated heterocycles. The highest BCUT2D eigenvalue weighted by atomic mass is 32.2. The van der Waals surface area contributed by atoms with Gasteiger partial charge in [-0.25, -0.2) is 8.42 Å². The third-order valence-electron chi connectivity index (χ3n) is 6.51. The first-order chi connectivity index (χ1) is 18.3. The molecule has 0 atom stereocenters. The molecule has 1 aliphatic rings. The number of aryl methyl sites for hydroxylation is 1. The fraction of sp³-hybridized carbons (Fsp3) is 0.321. The summed E-state index contributed by atoms with van der Waals surface area (Å²) in [7, 11) is -2.20. The fourth-order valence-corrected chi connectivity index (χ4v) is 5.67. The zero-order chi connectivity index (χ0) is 27.1. The van der Waals surface area contributed by atoms with E-state index in [2.05, 4.69) is 21.7 Å². The topological polar surface area (TPSA) is 95.9 Å². The van der Waals surface area contributed by atoms with E-state index in [4.69, 9.17) is 4.74 Å². The maximum absolute atomic E-state index is 13.2. The average molecular weight is 536 g/mol. The number of amides is 1. The van der Waals surface area contributed by atoms with Crippen LogP contribution < -0.4 is 9.64 Å². The lowest BCUT2D eigenvalue weighted by molar-refractivity contribution is -0.131. The van der Waals surface area contributed by atoms with Crippen molar-refractivity contribution >= 4 is 21.7 Å². The molecule has 2 aromatic carbocycles. The van der Waals surface area contributed by atoms with Crippen molar-refractivity contribution in [2.45, 2.75) is 18.2 Å². The van der Waals surface area contributed by atoms with Gasteiger partial charge < -0.3 is 14.5 Å². The number of hydrogen-bond acceptors (Lipinski definition) is 7. The number of hydrogen-bond donors (Lipinski definition) is 0. The lowest BCUT2D eigenvalue weighted by Gasteiger charge is -2.26. The molecule has 1 aromatic heterocycles. The molecular formula is C28H33N5O4S. The Morgan fingerprint density at radius 2 is 1.74 bits per heavy atom. The highest BCUT2D eigenvalue weighted by Crippen LogP contribution is 2.22. The van der Waals surface area contributed by atoms with Crippen molar-refractivity contribution in [3.63, 3.8) is 0 Å². The van der Waals surface area contributed by atoms with Gasteiger partial charge in [0.25, 0.3) is 0 Å². The number of methoxy groups -OCH3 is 1. The molecule has 4 rings (SSSR count). The first-order valence-corrected chi connectivity index (χ1v) is 13.9. The van der Waals surface area contributed by atoms with E-state index >= 15 is 0 Å². The van der Waals surface area contributed by atoms with E-state index in [0.717, 1.165) is 41.4 Å². The molecule has 1 amide bonds. The normalized spacial score (nSPS) is 14.3. The minimum atomic E-state index is -3.83. The average Bonchev–Trinajstić information content (AvgIpc) is 3.20. The van der Waals surface area contributed by atoms with E-state index in [0.29, 0.717) is 19.6 Å². The smallest absolute Gasteiger partial charge is 0.243 e. The largest absolute Gasteiger partial charge is 0.497 e. The van der Waals surface area contributed by atoms with Gasteiger partial charge in [-0.2, -0.15) is 4.31 Å². The second-order valence-corrected chi connectivity index (χ2v) is 11.1. The van der Waals surface area contributed by atoms with Crippen LogP contribution in [0.5, 0.6) is 5.75 Å². The minimum Gasteiger partial charge on any atom is -0.497 e. The Balaban J connectivity index is 1.39. The summed E-state index contributed by atoms with van der Waals surface area (Å²) in [6.45, 7) is 7.69. The van der Waals surface area contributed by atoms with Gasteiger partial charge in [-0.05, 0) is 61.9 Å². The zero-order valence-corrected chi connectivity index (χ0v) is 22.6. The summed E-state index contributed by atoms with van der Waals surface area (Å²) in [6.07, 6.45) is 2.23. The van der Waals surface area contributed by atoms with E-state index in [1.54, 1.807) is 36.3 Å². The second-order valence-electron chi connectivity index (χ2n) is 9.13. The van der Waals surface area contributed by atoms with Crippen molar-refractivity contribution in [2.75, 3.05) is 51.3 Å². The van der Waals surface area contributed by atoms with Crippen molar-refractivity contribution in [2.24, 2.45) is 0 Å². The van der Waals surface area contributed by atoms with Crippen LogP contribution in [0.3, 0.4) is 0 Å². The molecule has 200 valence electrons. The number of anilines is 1. The van der Waals surface area contributed by atoms with Crippen LogP contribution in [0.15, 0.2) is 78.2 Å². The van der Waals surface area contributed by atoms with Crippen LogP contribution in [-0.2, 0) is 14.8 Å². The molecule has 0 aliphatic carbocycles. The number of carbonyl (C=O) groups is 1. The molecule has 0 saturated carbocycles. The Morgan fingerprint density at radius 1 is 1.00 bits per heavy atom. The van der Waals surface area contributed by atoms with Crippen molar-refractivity contribution in [3.8, 4) is 17.0 Å². The molecule has 1 fully saturated rings. The number of nitrogens with zero attached hydrogens (tertiary/aromatic N) is 5. The van der Waals surface area contributed by atoms with Gasteiger partial charge in [0.15, 0.2) is 5.82 Å². The molecule has 10 heteroatoms. The minimum absolute atomic E-state index is 0.0536.